The Labute approximate surface area is 163 Å². The molecule has 1 amide bonds. The summed E-state index contributed by atoms with van der Waals surface area (Å²) in [7, 11) is 0. The van der Waals surface area contributed by atoms with Crippen LogP contribution in [-0.4, -0.2) is 44.4 Å². The van der Waals surface area contributed by atoms with Gasteiger partial charge in [-0.25, -0.2) is 0 Å². The highest BCUT2D eigenvalue weighted by Gasteiger charge is 2.22. The fourth-order valence-electron chi connectivity index (χ4n) is 3.02. The van der Waals surface area contributed by atoms with E-state index in [0.29, 0.717) is 5.75 Å². The number of aromatic nitrogens is 3. The molecule has 1 fully saturated rings. The fraction of sp³-hybridized carbons (Fsp3) is 0.286. The Hall–Kier alpha value is -2.60. The summed E-state index contributed by atoms with van der Waals surface area (Å²) in [6, 6.07) is 16.4. The molecule has 0 bridgehead atoms. The van der Waals surface area contributed by atoms with Crippen molar-refractivity contribution in [2.75, 3.05) is 18.8 Å². The lowest BCUT2D eigenvalue weighted by Gasteiger charge is -2.30. The molecule has 0 unspecified atom stereocenters. The standard InChI is InChI=1S/C21H22N4OS/c1-15-9-10-18(13-16(15)2)25-20(17-7-4-3-5-8-17)22-23-21(25)27-14-19(26)24-11-6-12-24/h3-5,7-10,13H,6,11-12,14H2,1-2H3. The normalized spacial score (nSPS) is 13.5. The van der Waals surface area contributed by atoms with Crippen LogP contribution in [0.3, 0.4) is 0 Å². The van der Waals surface area contributed by atoms with Crippen LogP contribution in [0, 0.1) is 13.8 Å². The Morgan fingerprint density at radius 1 is 1.04 bits per heavy atom. The maximum absolute atomic E-state index is 12.3. The van der Waals surface area contributed by atoms with Crippen LogP contribution in [0.5, 0.6) is 0 Å². The summed E-state index contributed by atoms with van der Waals surface area (Å²) in [5.74, 6) is 1.34. The van der Waals surface area contributed by atoms with E-state index in [9.17, 15) is 4.79 Å². The van der Waals surface area contributed by atoms with Gasteiger partial charge < -0.3 is 4.90 Å². The molecule has 1 aliphatic rings. The molecule has 27 heavy (non-hydrogen) atoms. The van der Waals surface area contributed by atoms with E-state index in [-0.39, 0.29) is 5.91 Å². The van der Waals surface area contributed by atoms with Crippen LogP contribution in [0.15, 0.2) is 53.7 Å². The van der Waals surface area contributed by atoms with E-state index < -0.39 is 0 Å². The van der Waals surface area contributed by atoms with E-state index in [1.165, 1.54) is 22.9 Å². The molecule has 0 atom stereocenters. The highest BCUT2D eigenvalue weighted by Crippen LogP contribution is 2.29. The first-order valence-corrected chi connectivity index (χ1v) is 10.1. The van der Waals surface area contributed by atoms with Gasteiger partial charge in [-0.3, -0.25) is 9.36 Å². The van der Waals surface area contributed by atoms with Gasteiger partial charge in [0.25, 0.3) is 0 Å². The van der Waals surface area contributed by atoms with E-state index in [0.717, 1.165) is 41.7 Å². The Morgan fingerprint density at radius 3 is 2.48 bits per heavy atom. The molecule has 5 nitrogen and oxygen atoms in total. The topological polar surface area (TPSA) is 51.0 Å². The van der Waals surface area contributed by atoms with Crippen molar-refractivity contribution in [2.24, 2.45) is 0 Å². The summed E-state index contributed by atoms with van der Waals surface area (Å²) in [4.78, 5) is 14.2. The fourth-order valence-corrected chi connectivity index (χ4v) is 3.87. The second-order valence-corrected chi connectivity index (χ2v) is 7.74. The quantitative estimate of drug-likeness (QED) is 0.632. The summed E-state index contributed by atoms with van der Waals surface area (Å²) < 4.78 is 2.05. The zero-order valence-electron chi connectivity index (χ0n) is 15.6. The molecule has 2 heterocycles. The van der Waals surface area contributed by atoms with Crippen molar-refractivity contribution in [3.63, 3.8) is 0 Å². The van der Waals surface area contributed by atoms with Crippen molar-refractivity contribution in [3.05, 3.63) is 59.7 Å². The van der Waals surface area contributed by atoms with Crippen molar-refractivity contribution < 1.29 is 4.79 Å². The molecular formula is C21H22N4OS. The van der Waals surface area contributed by atoms with Crippen molar-refractivity contribution in [1.29, 1.82) is 0 Å². The highest BCUT2D eigenvalue weighted by molar-refractivity contribution is 7.99. The molecule has 0 aliphatic carbocycles. The minimum atomic E-state index is 0.169. The smallest absolute Gasteiger partial charge is 0.233 e. The van der Waals surface area contributed by atoms with Crippen LogP contribution in [0.4, 0.5) is 0 Å². The van der Waals surface area contributed by atoms with Crippen LogP contribution < -0.4 is 0 Å². The summed E-state index contributed by atoms with van der Waals surface area (Å²) in [5, 5.41) is 9.58. The predicted octanol–water partition coefficient (Wildman–Crippen LogP) is 3.88. The number of benzene rings is 2. The van der Waals surface area contributed by atoms with Gasteiger partial charge in [0.15, 0.2) is 11.0 Å². The molecule has 6 heteroatoms. The Morgan fingerprint density at radius 2 is 1.81 bits per heavy atom. The minimum absolute atomic E-state index is 0.169. The number of likely N-dealkylation sites (tertiary alicyclic amines) is 1. The van der Waals surface area contributed by atoms with Gasteiger partial charge >= 0.3 is 0 Å². The maximum Gasteiger partial charge on any atom is 0.233 e. The van der Waals surface area contributed by atoms with Crippen molar-refractivity contribution in [2.45, 2.75) is 25.4 Å². The SMILES string of the molecule is Cc1ccc(-n2c(SCC(=O)N3CCC3)nnc2-c2ccccc2)cc1C. The third-order valence-electron chi connectivity index (χ3n) is 4.95. The number of hydrogen-bond acceptors (Lipinski definition) is 4. The third kappa shape index (κ3) is 3.62. The Kier molecular flexibility index (Phi) is 4.99. The zero-order chi connectivity index (χ0) is 18.8. The molecule has 0 saturated carbocycles. The van der Waals surface area contributed by atoms with Crippen LogP contribution in [0.25, 0.3) is 17.1 Å². The second kappa shape index (κ2) is 7.56. The van der Waals surface area contributed by atoms with Crippen LogP contribution >= 0.6 is 11.8 Å². The lowest BCUT2D eigenvalue weighted by molar-refractivity contribution is -0.131. The van der Waals surface area contributed by atoms with E-state index in [4.69, 9.17) is 0 Å². The number of thioether (sulfide) groups is 1. The van der Waals surface area contributed by atoms with Crippen molar-refractivity contribution in [3.8, 4) is 17.1 Å². The van der Waals surface area contributed by atoms with Crippen molar-refractivity contribution >= 4 is 17.7 Å². The average Bonchev–Trinajstić information content (AvgIpc) is 3.05. The van der Waals surface area contributed by atoms with E-state index in [1.807, 2.05) is 35.2 Å². The van der Waals surface area contributed by atoms with Gasteiger partial charge in [-0.2, -0.15) is 0 Å². The molecule has 1 aromatic heterocycles. The van der Waals surface area contributed by atoms with Crippen LogP contribution in [0.2, 0.25) is 0 Å². The molecule has 1 aliphatic heterocycles. The highest BCUT2D eigenvalue weighted by atomic mass is 32.2. The van der Waals surface area contributed by atoms with Gasteiger partial charge in [0.1, 0.15) is 0 Å². The van der Waals surface area contributed by atoms with Gasteiger partial charge in [0.2, 0.25) is 5.91 Å². The monoisotopic (exact) mass is 378 g/mol. The summed E-state index contributed by atoms with van der Waals surface area (Å²) in [6.07, 6.45) is 1.10. The second-order valence-electron chi connectivity index (χ2n) is 6.80. The summed E-state index contributed by atoms with van der Waals surface area (Å²) >= 11 is 1.45. The molecule has 3 aromatic rings. The Bertz CT molecular complexity index is 964. The van der Waals surface area contributed by atoms with Gasteiger partial charge in [-0.15, -0.1) is 10.2 Å². The molecule has 138 valence electrons. The molecule has 4 rings (SSSR count). The van der Waals surface area contributed by atoms with Crippen LogP contribution in [0.1, 0.15) is 17.5 Å². The van der Waals surface area contributed by atoms with Gasteiger partial charge in [0, 0.05) is 18.7 Å². The molecule has 2 aromatic carbocycles. The third-order valence-corrected chi connectivity index (χ3v) is 5.86. The molecule has 0 radical (unpaired) electrons. The molecule has 0 spiro atoms. The Balaban J connectivity index is 1.71. The summed E-state index contributed by atoms with van der Waals surface area (Å²) in [5.41, 5.74) is 4.48. The summed E-state index contributed by atoms with van der Waals surface area (Å²) in [6.45, 7) is 5.95. The largest absolute Gasteiger partial charge is 0.342 e. The number of nitrogens with zero attached hydrogens (tertiary/aromatic N) is 4. The molecule has 1 saturated heterocycles. The molecule has 0 N–H and O–H groups in total. The first-order valence-electron chi connectivity index (χ1n) is 9.12. The van der Waals surface area contributed by atoms with Crippen molar-refractivity contribution in [1.82, 2.24) is 19.7 Å². The minimum Gasteiger partial charge on any atom is -0.342 e. The lowest BCUT2D eigenvalue weighted by atomic mass is 10.1. The first kappa shape index (κ1) is 17.8. The maximum atomic E-state index is 12.3. The van der Waals surface area contributed by atoms with E-state index in [1.54, 1.807) is 0 Å². The number of hydrogen-bond donors (Lipinski definition) is 0. The van der Waals surface area contributed by atoms with E-state index in [2.05, 4.69) is 46.8 Å². The average molecular weight is 379 g/mol. The lowest BCUT2D eigenvalue weighted by Crippen LogP contribution is -2.43. The van der Waals surface area contributed by atoms with Gasteiger partial charge in [-0.1, -0.05) is 48.2 Å². The van der Waals surface area contributed by atoms with Gasteiger partial charge in [-0.05, 0) is 43.5 Å². The van der Waals surface area contributed by atoms with Gasteiger partial charge in [0.05, 0.1) is 11.4 Å². The van der Waals surface area contributed by atoms with Crippen LogP contribution in [-0.2, 0) is 4.79 Å². The number of amides is 1. The zero-order valence-corrected chi connectivity index (χ0v) is 16.4. The first-order chi connectivity index (χ1) is 13.1. The number of carbonyl (C=O) groups is 1. The molecular weight excluding hydrogens is 356 g/mol. The van der Waals surface area contributed by atoms with E-state index >= 15 is 0 Å². The predicted molar refractivity (Wildman–Crippen MR) is 108 cm³/mol. The number of rotatable bonds is 5. The number of carbonyl (C=O) groups excluding carboxylic acids is 1. The number of aryl methyl sites for hydroxylation is 2.